The van der Waals surface area contributed by atoms with E-state index in [1.165, 1.54) is 0 Å². The normalized spacial score (nSPS) is 18.5. The molecule has 158 valence electrons. The number of hydrogen-bond donors (Lipinski definition) is 2. The fraction of sp³-hybridized carbons (Fsp3) is 0.450. The molecule has 3 rings (SSSR count). The summed E-state index contributed by atoms with van der Waals surface area (Å²) in [6.07, 6.45) is 3.69. The maximum Gasteiger partial charge on any atom is 0.251 e. The minimum absolute atomic E-state index is 0. The van der Waals surface area contributed by atoms with Crippen LogP contribution in [0.25, 0.3) is 0 Å². The van der Waals surface area contributed by atoms with Crippen molar-refractivity contribution in [3.8, 4) is 0 Å². The average Bonchev–Trinajstić information content (AvgIpc) is 2.65. The van der Waals surface area contributed by atoms with Crippen LogP contribution in [0.1, 0.15) is 41.7 Å². The lowest BCUT2D eigenvalue weighted by Gasteiger charge is -2.30. The molecule has 6 nitrogen and oxygen atoms in total. The van der Waals surface area contributed by atoms with Crippen LogP contribution in [0.4, 0.5) is 11.8 Å². The van der Waals surface area contributed by atoms with Crippen LogP contribution in [0, 0.1) is 6.92 Å². The van der Waals surface area contributed by atoms with Gasteiger partial charge in [-0.25, -0.2) is 4.98 Å². The highest BCUT2D eigenvalue weighted by Crippen LogP contribution is 2.24. The molecule has 0 atom stereocenters. The number of nitrogens with zero attached hydrogens (tertiary/aromatic N) is 3. The summed E-state index contributed by atoms with van der Waals surface area (Å²) in [4.78, 5) is 23.5. The highest BCUT2D eigenvalue weighted by molar-refractivity contribution is 6.42. The van der Waals surface area contributed by atoms with E-state index in [0.29, 0.717) is 27.6 Å². The van der Waals surface area contributed by atoms with Gasteiger partial charge in [0.15, 0.2) is 0 Å². The van der Waals surface area contributed by atoms with E-state index in [1.807, 2.05) is 32.0 Å². The lowest BCUT2D eigenvalue weighted by molar-refractivity contribution is 0.0926. The van der Waals surface area contributed by atoms with Crippen LogP contribution in [-0.4, -0.2) is 42.1 Å². The Morgan fingerprint density at radius 2 is 1.69 bits per heavy atom. The van der Waals surface area contributed by atoms with Gasteiger partial charge in [-0.05, 0) is 50.8 Å². The van der Waals surface area contributed by atoms with Gasteiger partial charge < -0.3 is 15.5 Å². The van der Waals surface area contributed by atoms with Gasteiger partial charge in [0, 0.05) is 43.5 Å². The van der Waals surface area contributed by atoms with E-state index in [1.54, 1.807) is 18.2 Å². The molecule has 0 saturated heterocycles. The van der Waals surface area contributed by atoms with Crippen molar-refractivity contribution in [2.45, 2.75) is 44.7 Å². The van der Waals surface area contributed by atoms with Gasteiger partial charge in [0.1, 0.15) is 5.82 Å². The number of nitrogens with one attached hydrogen (secondary N) is 2. The second kappa shape index (κ2) is 10.3. The van der Waals surface area contributed by atoms with E-state index >= 15 is 0 Å². The highest BCUT2D eigenvalue weighted by Gasteiger charge is 2.23. The topological polar surface area (TPSA) is 70.2 Å². The molecule has 1 fully saturated rings. The number of carbonyl (C=O) groups is 1. The summed E-state index contributed by atoms with van der Waals surface area (Å²) in [5, 5.41) is 7.37. The summed E-state index contributed by atoms with van der Waals surface area (Å²) < 4.78 is 0. The first-order valence-electron chi connectivity index (χ1n) is 9.37. The molecule has 2 aromatic rings. The van der Waals surface area contributed by atoms with Crippen molar-refractivity contribution in [2.75, 3.05) is 24.3 Å². The number of aromatic nitrogens is 2. The first-order valence-corrected chi connectivity index (χ1v) is 10.1. The second-order valence-electron chi connectivity index (χ2n) is 7.38. The van der Waals surface area contributed by atoms with Crippen LogP contribution in [0.5, 0.6) is 0 Å². The molecule has 29 heavy (non-hydrogen) atoms. The molecule has 1 saturated carbocycles. The van der Waals surface area contributed by atoms with E-state index in [0.717, 1.165) is 37.2 Å². The third-order valence-corrected chi connectivity index (χ3v) is 5.62. The lowest BCUT2D eigenvalue weighted by Crippen LogP contribution is -2.40. The minimum atomic E-state index is -0.118. The molecule has 1 aromatic carbocycles. The zero-order valence-electron chi connectivity index (χ0n) is 16.7. The molecular weight excluding hydrogens is 433 g/mol. The van der Waals surface area contributed by atoms with Crippen molar-refractivity contribution in [1.82, 2.24) is 15.3 Å². The molecule has 0 radical (unpaired) electrons. The van der Waals surface area contributed by atoms with Gasteiger partial charge in [-0.3, -0.25) is 4.79 Å². The monoisotopic (exact) mass is 457 g/mol. The number of carbonyl (C=O) groups excluding carboxylic acids is 1. The molecule has 9 heteroatoms. The average molecular weight is 459 g/mol. The number of hydrogen-bond acceptors (Lipinski definition) is 5. The quantitative estimate of drug-likeness (QED) is 0.677. The maximum atomic E-state index is 12.4. The molecule has 0 spiro atoms. The number of rotatable bonds is 5. The van der Waals surface area contributed by atoms with Gasteiger partial charge in [0.2, 0.25) is 5.95 Å². The summed E-state index contributed by atoms with van der Waals surface area (Å²) >= 11 is 11.9. The molecule has 2 N–H and O–H groups in total. The van der Waals surface area contributed by atoms with Gasteiger partial charge in [-0.15, -0.1) is 12.4 Å². The van der Waals surface area contributed by atoms with Gasteiger partial charge in [0.25, 0.3) is 5.91 Å². The van der Waals surface area contributed by atoms with Crippen molar-refractivity contribution in [2.24, 2.45) is 0 Å². The SMILES string of the molecule is Cc1cc(N(C)C)nc(N[C@H]2CC[C@@H](NC(=O)c3ccc(Cl)c(Cl)c3)CC2)n1.Cl. The number of benzene rings is 1. The zero-order valence-corrected chi connectivity index (χ0v) is 19.0. The Hall–Kier alpha value is -1.76. The summed E-state index contributed by atoms with van der Waals surface area (Å²) in [7, 11) is 3.93. The Morgan fingerprint density at radius 3 is 2.31 bits per heavy atom. The first kappa shape index (κ1) is 23.5. The summed E-state index contributed by atoms with van der Waals surface area (Å²) in [6, 6.07) is 7.34. The van der Waals surface area contributed by atoms with Crippen molar-refractivity contribution in [3.63, 3.8) is 0 Å². The van der Waals surface area contributed by atoms with Crippen LogP contribution in [-0.2, 0) is 0 Å². The fourth-order valence-electron chi connectivity index (χ4n) is 3.32. The molecule has 1 amide bonds. The Morgan fingerprint density at radius 1 is 1.03 bits per heavy atom. The molecule has 0 unspecified atom stereocenters. The van der Waals surface area contributed by atoms with Gasteiger partial charge in [0.05, 0.1) is 10.0 Å². The predicted octanol–water partition coefficient (Wildman–Crippen LogP) is 4.73. The molecule has 1 aliphatic carbocycles. The third kappa shape index (κ3) is 6.36. The lowest BCUT2D eigenvalue weighted by atomic mass is 9.91. The number of amides is 1. The molecular formula is C20H26Cl3N5O. The highest BCUT2D eigenvalue weighted by atomic mass is 35.5. The summed E-state index contributed by atoms with van der Waals surface area (Å²) in [5.74, 6) is 1.43. The fourth-order valence-corrected chi connectivity index (χ4v) is 3.61. The Labute approximate surface area is 187 Å². The Balaban J connectivity index is 0.00000300. The number of anilines is 2. The predicted molar refractivity (Wildman–Crippen MR) is 122 cm³/mol. The van der Waals surface area contributed by atoms with E-state index in [-0.39, 0.29) is 24.4 Å². The summed E-state index contributed by atoms with van der Waals surface area (Å²) in [6.45, 7) is 1.97. The standard InChI is InChI=1S/C20H25Cl2N5O.ClH/c1-12-10-18(27(2)3)26-20(23-12)25-15-7-5-14(6-8-15)24-19(28)13-4-9-16(21)17(22)11-13;/h4,9-11,14-15H,5-8H2,1-3H3,(H,24,28)(H,23,25,26);1H/t14-,15+;. The zero-order chi connectivity index (χ0) is 20.3. The molecule has 0 aliphatic heterocycles. The summed E-state index contributed by atoms with van der Waals surface area (Å²) in [5.41, 5.74) is 1.46. The van der Waals surface area contributed by atoms with Crippen LogP contribution in [0.2, 0.25) is 10.0 Å². The van der Waals surface area contributed by atoms with Crippen LogP contribution in [0.3, 0.4) is 0 Å². The van der Waals surface area contributed by atoms with Crippen molar-refractivity contribution < 1.29 is 4.79 Å². The molecule has 0 bridgehead atoms. The number of aryl methyl sites for hydroxylation is 1. The third-order valence-electron chi connectivity index (χ3n) is 4.88. The van der Waals surface area contributed by atoms with Crippen molar-refractivity contribution in [3.05, 3.63) is 45.6 Å². The van der Waals surface area contributed by atoms with Gasteiger partial charge >= 0.3 is 0 Å². The smallest absolute Gasteiger partial charge is 0.251 e. The molecule has 1 heterocycles. The van der Waals surface area contributed by atoms with E-state index in [9.17, 15) is 4.79 Å². The molecule has 1 aromatic heterocycles. The van der Waals surface area contributed by atoms with Crippen molar-refractivity contribution in [1.29, 1.82) is 0 Å². The van der Waals surface area contributed by atoms with Gasteiger partial charge in [-0.2, -0.15) is 4.98 Å². The van der Waals surface area contributed by atoms with Crippen LogP contribution in [0.15, 0.2) is 24.3 Å². The van der Waals surface area contributed by atoms with Crippen molar-refractivity contribution >= 4 is 53.3 Å². The maximum absolute atomic E-state index is 12.4. The van der Waals surface area contributed by atoms with E-state index in [2.05, 4.69) is 20.6 Å². The Kier molecular flexibility index (Phi) is 8.37. The first-order chi connectivity index (χ1) is 13.3. The molecule has 1 aliphatic rings. The van der Waals surface area contributed by atoms with E-state index < -0.39 is 0 Å². The largest absolute Gasteiger partial charge is 0.363 e. The van der Waals surface area contributed by atoms with Crippen LogP contribution < -0.4 is 15.5 Å². The Bertz CT molecular complexity index is 854. The van der Waals surface area contributed by atoms with Crippen LogP contribution >= 0.6 is 35.6 Å². The number of halogens is 3. The second-order valence-corrected chi connectivity index (χ2v) is 8.20. The van der Waals surface area contributed by atoms with E-state index in [4.69, 9.17) is 23.2 Å². The van der Waals surface area contributed by atoms with Gasteiger partial charge in [-0.1, -0.05) is 23.2 Å². The minimum Gasteiger partial charge on any atom is -0.363 e.